The summed E-state index contributed by atoms with van der Waals surface area (Å²) < 4.78 is 0. The number of nitrogens with two attached hydrogens (primary N) is 2. The van der Waals surface area contributed by atoms with Crippen molar-refractivity contribution >= 4 is 5.97 Å². The molecule has 5 N–H and O–H groups in total. The number of rotatable bonds is 3. The van der Waals surface area contributed by atoms with E-state index in [0.717, 1.165) is 0 Å². The summed E-state index contributed by atoms with van der Waals surface area (Å²) >= 11 is 0. The lowest BCUT2D eigenvalue weighted by atomic mass is 9.88. The summed E-state index contributed by atoms with van der Waals surface area (Å²) in [4.78, 5) is 10.4. The molecule has 0 saturated heterocycles. The van der Waals surface area contributed by atoms with E-state index in [1.807, 2.05) is 0 Å². The molecule has 0 spiro atoms. The largest absolute Gasteiger partial charge is 0.480 e. The first-order valence-corrected chi connectivity index (χ1v) is 3.15. The SMILES string of the molecule is CC(CN)[C@](C)(N)C(=O)O. The minimum Gasteiger partial charge on any atom is -0.480 e. The smallest absolute Gasteiger partial charge is 0.323 e. The van der Waals surface area contributed by atoms with Crippen molar-refractivity contribution in [1.82, 2.24) is 0 Å². The molecular formula is C6H14N2O2. The molecule has 0 aromatic heterocycles. The Morgan fingerprint density at radius 1 is 1.80 bits per heavy atom. The molecule has 0 aliphatic rings. The fourth-order valence-corrected chi connectivity index (χ4v) is 0.456. The Morgan fingerprint density at radius 3 is 2.30 bits per heavy atom. The molecule has 10 heavy (non-hydrogen) atoms. The van der Waals surface area contributed by atoms with Crippen LogP contribution in [0, 0.1) is 5.92 Å². The van der Waals surface area contributed by atoms with E-state index in [-0.39, 0.29) is 5.92 Å². The highest BCUT2D eigenvalue weighted by molar-refractivity contribution is 5.78. The topological polar surface area (TPSA) is 89.3 Å². The number of hydrogen-bond donors (Lipinski definition) is 3. The number of aliphatic carboxylic acids is 1. The van der Waals surface area contributed by atoms with Gasteiger partial charge in [-0.15, -0.1) is 0 Å². The zero-order valence-corrected chi connectivity index (χ0v) is 6.29. The van der Waals surface area contributed by atoms with Gasteiger partial charge in [0, 0.05) is 0 Å². The Kier molecular flexibility index (Phi) is 2.80. The van der Waals surface area contributed by atoms with Gasteiger partial charge in [0.05, 0.1) is 0 Å². The predicted molar refractivity (Wildman–Crippen MR) is 38.4 cm³/mol. The van der Waals surface area contributed by atoms with Crippen LogP contribution in [0.2, 0.25) is 0 Å². The molecule has 0 saturated carbocycles. The third kappa shape index (κ3) is 1.68. The van der Waals surface area contributed by atoms with E-state index in [0.29, 0.717) is 6.54 Å². The van der Waals surface area contributed by atoms with Crippen LogP contribution in [0.4, 0.5) is 0 Å². The van der Waals surface area contributed by atoms with E-state index < -0.39 is 11.5 Å². The van der Waals surface area contributed by atoms with Gasteiger partial charge >= 0.3 is 5.97 Å². The second-order valence-electron chi connectivity index (χ2n) is 2.72. The molecule has 0 aliphatic carbocycles. The quantitative estimate of drug-likeness (QED) is 0.495. The third-order valence-corrected chi connectivity index (χ3v) is 1.84. The monoisotopic (exact) mass is 146 g/mol. The summed E-state index contributed by atoms with van der Waals surface area (Å²) in [5.74, 6) is -1.21. The molecule has 0 heterocycles. The van der Waals surface area contributed by atoms with Gasteiger partial charge in [0.25, 0.3) is 0 Å². The lowest BCUT2D eigenvalue weighted by Gasteiger charge is -2.25. The lowest BCUT2D eigenvalue weighted by molar-refractivity contribution is -0.144. The highest BCUT2D eigenvalue weighted by Gasteiger charge is 2.33. The Balaban J connectivity index is 4.23. The first-order valence-electron chi connectivity index (χ1n) is 3.15. The zero-order valence-electron chi connectivity index (χ0n) is 6.29. The van der Waals surface area contributed by atoms with Gasteiger partial charge in [0.15, 0.2) is 0 Å². The normalized spacial score (nSPS) is 19.6. The molecule has 0 aromatic rings. The average Bonchev–Trinajstić information content (AvgIpc) is 1.86. The van der Waals surface area contributed by atoms with E-state index in [9.17, 15) is 4.79 Å². The van der Waals surface area contributed by atoms with Crippen LogP contribution in [0.1, 0.15) is 13.8 Å². The van der Waals surface area contributed by atoms with Gasteiger partial charge in [-0.3, -0.25) is 4.79 Å². The minimum absolute atomic E-state index is 0.204. The van der Waals surface area contributed by atoms with E-state index in [4.69, 9.17) is 16.6 Å². The molecule has 0 aromatic carbocycles. The summed E-state index contributed by atoms with van der Waals surface area (Å²) in [6.07, 6.45) is 0. The molecule has 0 rings (SSSR count). The Hall–Kier alpha value is -0.610. The molecule has 0 amide bonds. The molecule has 0 radical (unpaired) electrons. The second-order valence-corrected chi connectivity index (χ2v) is 2.72. The van der Waals surface area contributed by atoms with Crippen molar-refractivity contribution in [3.05, 3.63) is 0 Å². The highest BCUT2D eigenvalue weighted by atomic mass is 16.4. The van der Waals surface area contributed by atoms with E-state index in [1.54, 1.807) is 6.92 Å². The van der Waals surface area contributed by atoms with Gasteiger partial charge in [-0.05, 0) is 19.4 Å². The maximum absolute atomic E-state index is 10.4. The van der Waals surface area contributed by atoms with Crippen molar-refractivity contribution in [3.63, 3.8) is 0 Å². The van der Waals surface area contributed by atoms with Gasteiger partial charge in [0.1, 0.15) is 5.54 Å². The summed E-state index contributed by atoms with van der Waals surface area (Å²) in [5, 5.41) is 8.56. The van der Waals surface area contributed by atoms with Crippen molar-refractivity contribution in [2.75, 3.05) is 6.54 Å². The first kappa shape index (κ1) is 9.39. The summed E-state index contributed by atoms with van der Waals surface area (Å²) in [6.45, 7) is 3.47. The highest BCUT2D eigenvalue weighted by Crippen LogP contribution is 2.11. The zero-order chi connectivity index (χ0) is 8.36. The van der Waals surface area contributed by atoms with Crippen molar-refractivity contribution in [3.8, 4) is 0 Å². The van der Waals surface area contributed by atoms with Crippen molar-refractivity contribution < 1.29 is 9.90 Å². The van der Waals surface area contributed by atoms with Crippen LogP contribution in [0.25, 0.3) is 0 Å². The van der Waals surface area contributed by atoms with E-state index in [2.05, 4.69) is 0 Å². The third-order valence-electron chi connectivity index (χ3n) is 1.84. The molecular weight excluding hydrogens is 132 g/mol. The standard InChI is InChI=1S/C6H14N2O2/c1-4(3-7)6(2,8)5(9)10/h4H,3,7-8H2,1-2H3,(H,9,10)/t4?,6-/m0/s1. The average molecular weight is 146 g/mol. The number of carbonyl (C=O) groups is 1. The number of hydrogen-bond acceptors (Lipinski definition) is 3. The van der Waals surface area contributed by atoms with Crippen LogP contribution in [-0.2, 0) is 4.79 Å². The van der Waals surface area contributed by atoms with Gasteiger partial charge in [-0.1, -0.05) is 6.92 Å². The molecule has 4 heteroatoms. The summed E-state index contributed by atoms with van der Waals surface area (Å²) in [7, 11) is 0. The maximum Gasteiger partial charge on any atom is 0.323 e. The second kappa shape index (κ2) is 2.98. The van der Waals surface area contributed by atoms with Crippen LogP contribution < -0.4 is 11.5 Å². The molecule has 1 unspecified atom stereocenters. The van der Waals surface area contributed by atoms with Crippen LogP contribution >= 0.6 is 0 Å². The predicted octanol–water partition coefficient (Wildman–Crippen LogP) is -0.617. The fourth-order valence-electron chi connectivity index (χ4n) is 0.456. The van der Waals surface area contributed by atoms with Gasteiger partial charge in [0.2, 0.25) is 0 Å². The van der Waals surface area contributed by atoms with E-state index >= 15 is 0 Å². The summed E-state index contributed by atoms with van der Waals surface area (Å²) in [6, 6.07) is 0. The number of carboxylic acid groups (broad SMARTS) is 1. The molecule has 0 aliphatic heterocycles. The van der Waals surface area contributed by atoms with Crippen LogP contribution in [-0.4, -0.2) is 23.2 Å². The summed E-state index contributed by atoms with van der Waals surface area (Å²) in [5.41, 5.74) is 9.49. The molecule has 60 valence electrons. The lowest BCUT2D eigenvalue weighted by Crippen LogP contribution is -2.52. The minimum atomic E-state index is -1.20. The van der Waals surface area contributed by atoms with Crippen LogP contribution in [0.5, 0.6) is 0 Å². The maximum atomic E-state index is 10.4. The Labute approximate surface area is 60.2 Å². The van der Waals surface area contributed by atoms with E-state index in [1.165, 1.54) is 6.92 Å². The fraction of sp³-hybridized carbons (Fsp3) is 0.833. The van der Waals surface area contributed by atoms with Crippen molar-refractivity contribution in [2.24, 2.45) is 17.4 Å². The number of carboxylic acids is 1. The van der Waals surface area contributed by atoms with Crippen LogP contribution in [0.15, 0.2) is 0 Å². The van der Waals surface area contributed by atoms with Gasteiger partial charge in [-0.25, -0.2) is 0 Å². The van der Waals surface area contributed by atoms with Crippen molar-refractivity contribution in [1.29, 1.82) is 0 Å². The molecule has 2 atom stereocenters. The Morgan fingerprint density at radius 2 is 2.20 bits per heavy atom. The van der Waals surface area contributed by atoms with Gasteiger partial charge in [-0.2, -0.15) is 0 Å². The molecule has 0 fully saturated rings. The Bertz CT molecular complexity index is 134. The molecule has 0 bridgehead atoms. The van der Waals surface area contributed by atoms with Crippen molar-refractivity contribution in [2.45, 2.75) is 19.4 Å². The van der Waals surface area contributed by atoms with Crippen LogP contribution in [0.3, 0.4) is 0 Å². The molecule has 4 nitrogen and oxygen atoms in total. The first-order chi connectivity index (χ1) is 4.42. The van der Waals surface area contributed by atoms with Gasteiger partial charge < -0.3 is 16.6 Å².